The number of fused-ring (bicyclic) bond motifs is 3. The van der Waals surface area contributed by atoms with Crippen molar-refractivity contribution >= 4 is 5.69 Å². The van der Waals surface area contributed by atoms with E-state index in [1.54, 1.807) is 0 Å². The first-order valence-electron chi connectivity index (χ1n) is 8.64. The van der Waals surface area contributed by atoms with Gasteiger partial charge in [0.1, 0.15) is 0 Å². The number of aliphatic hydroxyl groups is 1. The van der Waals surface area contributed by atoms with Crippen LogP contribution < -0.4 is 10.6 Å². The summed E-state index contributed by atoms with van der Waals surface area (Å²) in [5, 5.41) is 17.3. The maximum absolute atomic E-state index is 9.84. The van der Waals surface area contributed by atoms with Crippen molar-refractivity contribution in [2.24, 2.45) is 0 Å². The fourth-order valence-electron chi connectivity index (χ4n) is 4.26. The predicted octanol–water partition coefficient (Wildman–Crippen LogP) is 3.44. The van der Waals surface area contributed by atoms with Crippen LogP contribution in [0.5, 0.6) is 0 Å². The highest BCUT2D eigenvalue weighted by atomic mass is 16.3. The molecule has 3 unspecified atom stereocenters. The average molecular weight is 308 g/mol. The van der Waals surface area contributed by atoms with Gasteiger partial charge in [0.05, 0.1) is 12.6 Å². The van der Waals surface area contributed by atoms with Crippen molar-refractivity contribution in [3.8, 4) is 0 Å². The number of anilines is 1. The molecule has 2 aliphatic rings. The lowest BCUT2D eigenvalue weighted by Crippen LogP contribution is -2.49. The van der Waals surface area contributed by atoms with Crippen LogP contribution in [0.4, 0.5) is 5.69 Å². The molecule has 1 aliphatic carbocycles. The van der Waals surface area contributed by atoms with E-state index in [2.05, 4.69) is 47.0 Å². The molecule has 3 N–H and O–H groups in total. The van der Waals surface area contributed by atoms with Gasteiger partial charge in [-0.25, -0.2) is 0 Å². The monoisotopic (exact) mass is 308 g/mol. The summed E-state index contributed by atoms with van der Waals surface area (Å²) < 4.78 is 0. The molecule has 4 atom stereocenters. The van der Waals surface area contributed by atoms with Gasteiger partial charge in [0.2, 0.25) is 0 Å². The van der Waals surface area contributed by atoms with Crippen molar-refractivity contribution in [1.82, 2.24) is 5.32 Å². The molecule has 0 spiro atoms. The maximum atomic E-state index is 9.84. The second kappa shape index (κ2) is 6.34. The van der Waals surface area contributed by atoms with Crippen LogP contribution in [-0.4, -0.2) is 23.8 Å². The van der Waals surface area contributed by atoms with Crippen LogP contribution >= 0.6 is 0 Å². The normalized spacial score (nSPS) is 26.9. The Morgan fingerprint density at radius 2 is 1.83 bits per heavy atom. The molecule has 120 valence electrons. The van der Waals surface area contributed by atoms with Crippen LogP contribution in [-0.2, 0) is 0 Å². The fraction of sp³-hybridized carbons (Fsp3) is 0.400. The van der Waals surface area contributed by atoms with Crippen molar-refractivity contribution in [1.29, 1.82) is 0 Å². The molecule has 3 nitrogen and oxygen atoms in total. The first-order chi connectivity index (χ1) is 11.4. The SMILES string of the molecule is OC[C@H](NC1CCCC2c3ccccc3NC12)c1ccccc1. The summed E-state index contributed by atoms with van der Waals surface area (Å²) >= 11 is 0. The molecule has 0 aromatic heterocycles. The zero-order valence-corrected chi connectivity index (χ0v) is 13.3. The van der Waals surface area contributed by atoms with Gasteiger partial charge in [-0.3, -0.25) is 0 Å². The van der Waals surface area contributed by atoms with Crippen molar-refractivity contribution in [3.05, 3.63) is 65.7 Å². The van der Waals surface area contributed by atoms with Crippen molar-refractivity contribution in [3.63, 3.8) is 0 Å². The first-order valence-corrected chi connectivity index (χ1v) is 8.64. The third-order valence-electron chi connectivity index (χ3n) is 5.38. The molecule has 0 saturated heterocycles. The van der Waals surface area contributed by atoms with E-state index < -0.39 is 0 Å². The summed E-state index contributed by atoms with van der Waals surface area (Å²) in [7, 11) is 0. The standard InChI is InChI=1S/C20H24N2O/c23-13-19(14-7-2-1-3-8-14)21-18-12-6-10-16-15-9-4-5-11-17(15)22-20(16)18/h1-5,7-9,11,16,18-23H,6,10,12-13H2/t16?,18?,19-,20?/m0/s1. The van der Waals surface area contributed by atoms with Gasteiger partial charge in [-0.05, 0) is 30.0 Å². The van der Waals surface area contributed by atoms with Gasteiger partial charge in [0.15, 0.2) is 0 Å². The Morgan fingerprint density at radius 3 is 2.65 bits per heavy atom. The molecule has 3 heteroatoms. The summed E-state index contributed by atoms with van der Waals surface area (Å²) in [4.78, 5) is 0. The largest absolute Gasteiger partial charge is 0.394 e. The highest BCUT2D eigenvalue weighted by Crippen LogP contribution is 2.44. The second-order valence-corrected chi connectivity index (χ2v) is 6.71. The van der Waals surface area contributed by atoms with E-state index >= 15 is 0 Å². The maximum Gasteiger partial charge on any atom is 0.0626 e. The second-order valence-electron chi connectivity index (χ2n) is 6.71. The van der Waals surface area contributed by atoms with Crippen LogP contribution in [0.15, 0.2) is 54.6 Å². The summed E-state index contributed by atoms with van der Waals surface area (Å²) in [6.07, 6.45) is 3.65. The number of para-hydroxylation sites is 1. The predicted molar refractivity (Wildman–Crippen MR) is 93.6 cm³/mol. The molecule has 2 aromatic carbocycles. The lowest BCUT2D eigenvalue weighted by molar-refractivity contribution is 0.211. The van der Waals surface area contributed by atoms with E-state index in [4.69, 9.17) is 0 Å². The van der Waals surface area contributed by atoms with E-state index in [0.29, 0.717) is 18.0 Å². The van der Waals surface area contributed by atoms with Gasteiger partial charge in [-0.15, -0.1) is 0 Å². The van der Waals surface area contributed by atoms with Crippen molar-refractivity contribution < 1.29 is 5.11 Å². The van der Waals surface area contributed by atoms with Crippen molar-refractivity contribution in [2.75, 3.05) is 11.9 Å². The van der Waals surface area contributed by atoms with Crippen molar-refractivity contribution in [2.45, 2.75) is 43.3 Å². The Balaban J connectivity index is 1.54. The van der Waals surface area contributed by atoms with Gasteiger partial charge in [0.25, 0.3) is 0 Å². The number of benzene rings is 2. The molecule has 0 radical (unpaired) electrons. The smallest absolute Gasteiger partial charge is 0.0626 e. The molecule has 23 heavy (non-hydrogen) atoms. The van der Waals surface area contributed by atoms with Crippen LogP contribution in [0.3, 0.4) is 0 Å². The Labute approximate surface area is 137 Å². The summed E-state index contributed by atoms with van der Waals surface area (Å²) in [6.45, 7) is 0.130. The molecule has 4 rings (SSSR count). The Hall–Kier alpha value is -1.84. The van der Waals surface area contributed by atoms with Gasteiger partial charge in [0, 0.05) is 23.7 Å². The van der Waals surface area contributed by atoms with E-state index in [9.17, 15) is 5.11 Å². The lowest BCUT2D eigenvalue weighted by atomic mass is 9.79. The third-order valence-corrected chi connectivity index (χ3v) is 5.38. The minimum absolute atomic E-state index is 0.00506. The summed E-state index contributed by atoms with van der Waals surface area (Å²) in [6, 6.07) is 19.8. The molecule has 1 aliphatic heterocycles. The Morgan fingerprint density at radius 1 is 1.04 bits per heavy atom. The number of aliphatic hydroxyl groups excluding tert-OH is 1. The number of hydrogen-bond acceptors (Lipinski definition) is 3. The molecule has 0 amide bonds. The molecule has 2 aromatic rings. The minimum atomic E-state index is 0.00506. The first kappa shape index (κ1) is 14.7. The van der Waals surface area contributed by atoms with Gasteiger partial charge in [-0.1, -0.05) is 55.0 Å². The highest BCUT2D eigenvalue weighted by Gasteiger charge is 2.40. The number of hydrogen-bond donors (Lipinski definition) is 3. The average Bonchev–Trinajstić information content (AvgIpc) is 3.00. The molecule has 0 bridgehead atoms. The zero-order valence-electron chi connectivity index (χ0n) is 13.3. The summed E-state index contributed by atoms with van der Waals surface area (Å²) in [5.74, 6) is 0.590. The van der Waals surface area contributed by atoms with Crippen LogP contribution in [0.25, 0.3) is 0 Å². The van der Waals surface area contributed by atoms with Gasteiger partial charge < -0.3 is 15.7 Å². The number of nitrogens with one attached hydrogen (secondary N) is 2. The van der Waals surface area contributed by atoms with Crippen LogP contribution in [0.2, 0.25) is 0 Å². The topological polar surface area (TPSA) is 44.3 Å². The minimum Gasteiger partial charge on any atom is -0.394 e. The summed E-state index contributed by atoms with van der Waals surface area (Å²) in [5.41, 5.74) is 3.91. The Kier molecular flexibility index (Phi) is 4.06. The highest BCUT2D eigenvalue weighted by molar-refractivity contribution is 5.60. The lowest BCUT2D eigenvalue weighted by Gasteiger charge is -2.37. The van der Waals surface area contributed by atoms with Crippen LogP contribution in [0.1, 0.15) is 42.3 Å². The third kappa shape index (κ3) is 2.75. The van der Waals surface area contributed by atoms with E-state index in [-0.39, 0.29) is 12.6 Å². The van der Waals surface area contributed by atoms with E-state index in [1.807, 2.05) is 18.2 Å². The molecule has 1 saturated carbocycles. The molecule has 1 fully saturated rings. The Bertz CT molecular complexity index is 658. The van der Waals surface area contributed by atoms with Gasteiger partial charge >= 0.3 is 0 Å². The zero-order chi connectivity index (χ0) is 15.6. The van der Waals surface area contributed by atoms with E-state index in [0.717, 1.165) is 12.0 Å². The molecule has 1 heterocycles. The quantitative estimate of drug-likeness (QED) is 0.811. The van der Waals surface area contributed by atoms with E-state index in [1.165, 1.54) is 24.1 Å². The number of rotatable bonds is 4. The molecular formula is C20H24N2O. The fourth-order valence-corrected chi connectivity index (χ4v) is 4.26. The molecular weight excluding hydrogens is 284 g/mol. The van der Waals surface area contributed by atoms with Gasteiger partial charge in [-0.2, -0.15) is 0 Å². The van der Waals surface area contributed by atoms with Crippen LogP contribution in [0, 0.1) is 0 Å².